The zero-order valence-corrected chi connectivity index (χ0v) is 9.06. The Bertz CT molecular complexity index is 358. The third-order valence-electron chi connectivity index (χ3n) is 2.91. The summed E-state index contributed by atoms with van der Waals surface area (Å²) in [5, 5.41) is 0. The SMILES string of the molecule is Cc1ccc(C(=O)C2CCOC2C)cn1. The number of carbonyl (C=O) groups excluding carboxylic acids is 1. The van der Waals surface area contributed by atoms with Crippen molar-refractivity contribution >= 4 is 5.78 Å². The quantitative estimate of drug-likeness (QED) is 0.693. The van der Waals surface area contributed by atoms with E-state index in [1.807, 2.05) is 26.0 Å². The fourth-order valence-electron chi connectivity index (χ4n) is 1.90. The molecule has 1 fully saturated rings. The third kappa shape index (κ3) is 2.07. The molecule has 0 radical (unpaired) electrons. The van der Waals surface area contributed by atoms with E-state index in [0.717, 1.165) is 12.1 Å². The lowest BCUT2D eigenvalue weighted by Crippen LogP contribution is -2.21. The van der Waals surface area contributed by atoms with Gasteiger partial charge < -0.3 is 4.74 Å². The molecule has 80 valence electrons. The Kier molecular flexibility index (Phi) is 2.82. The average Bonchev–Trinajstić information content (AvgIpc) is 2.65. The van der Waals surface area contributed by atoms with E-state index in [2.05, 4.69) is 4.98 Å². The molecule has 3 nitrogen and oxygen atoms in total. The van der Waals surface area contributed by atoms with Gasteiger partial charge in [-0.3, -0.25) is 9.78 Å². The van der Waals surface area contributed by atoms with Crippen LogP contribution >= 0.6 is 0 Å². The second-order valence-corrected chi connectivity index (χ2v) is 4.02. The van der Waals surface area contributed by atoms with Crippen LogP contribution < -0.4 is 0 Å². The summed E-state index contributed by atoms with van der Waals surface area (Å²) in [6, 6.07) is 3.71. The maximum atomic E-state index is 12.0. The number of rotatable bonds is 2. The molecule has 0 aromatic carbocycles. The van der Waals surface area contributed by atoms with Gasteiger partial charge in [-0.15, -0.1) is 0 Å². The van der Waals surface area contributed by atoms with Crippen molar-refractivity contribution in [1.29, 1.82) is 0 Å². The molecule has 0 N–H and O–H groups in total. The Morgan fingerprint density at radius 2 is 2.33 bits per heavy atom. The lowest BCUT2D eigenvalue weighted by atomic mass is 9.93. The molecular formula is C12H15NO2. The van der Waals surface area contributed by atoms with Crippen LogP contribution in [0.3, 0.4) is 0 Å². The first kappa shape index (κ1) is 10.3. The van der Waals surface area contributed by atoms with E-state index in [1.54, 1.807) is 6.20 Å². The standard InChI is InChI=1S/C12H15NO2/c1-8-3-4-10(7-13-8)12(14)11-5-6-15-9(11)2/h3-4,7,9,11H,5-6H2,1-2H3. The van der Waals surface area contributed by atoms with Gasteiger partial charge in [-0.05, 0) is 32.4 Å². The fraction of sp³-hybridized carbons (Fsp3) is 0.500. The van der Waals surface area contributed by atoms with Crippen LogP contribution in [-0.2, 0) is 4.74 Å². The van der Waals surface area contributed by atoms with Gasteiger partial charge >= 0.3 is 0 Å². The van der Waals surface area contributed by atoms with E-state index < -0.39 is 0 Å². The van der Waals surface area contributed by atoms with Gasteiger partial charge in [0.25, 0.3) is 0 Å². The maximum absolute atomic E-state index is 12.0. The minimum Gasteiger partial charge on any atom is -0.378 e. The molecule has 2 heterocycles. The van der Waals surface area contributed by atoms with E-state index in [4.69, 9.17) is 4.74 Å². The van der Waals surface area contributed by atoms with E-state index in [0.29, 0.717) is 12.2 Å². The molecule has 2 rings (SSSR count). The third-order valence-corrected chi connectivity index (χ3v) is 2.91. The van der Waals surface area contributed by atoms with Crippen LogP contribution in [0.2, 0.25) is 0 Å². The van der Waals surface area contributed by atoms with Gasteiger partial charge in [-0.2, -0.15) is 0 Å². The maximum Gasteiger partial charge on any atom is 0.170 e. The number of aryl methyl sites for hydroxylation is 1. The zero-order valence-electron chi connectivity index (χ0n) is 9.06. The Hall–Kier alpha value is -1.22. The highest BCUT2D eigenvalue weighted by molar-refractivity contribution is 5.98. The summed E-state index contributed by atoms with van der Waals surface area (Å²) in [5.74, 6) is 0.169. The first-order valence-electron chi connectivity index (χ1n) is 5.27. The minimum absolute atomic E-state index is 0.00880. The largest absolute Gasteiger partial charge is 0.378 e. The Labute approximate surface area is 89.5 Å². The molecule has 0 spiro atoms. The summed E-state index contributed by atoms with van der Waals surface area (Å²) in [5.41, 5.74) is 1.63. The normalized spacial score (nSPS) is 25.5. The number of aromatic nitrogens is 1. The Morgan fingerprint density at radius 1 is 1.53 bits per heavy atom. The van der Waals surface area contributed by atoms with Crippen molar-refractivity contribution in [3.63, 3.8) is 0 Å². The van der Waals surface area contributed by atoms with Crippen LogP contribution in [-0.4, -0.2) is 23.5 Å². The van der Waals surface area contributed by atoms with Crippen LogP contribution in [0.4, 0.5) is 0 Å². The summed E-state index contributed by atoms with van der Waals surface area (Å²) < 4.78 is 5.39. The Balaban J connectivity index is 2.17. The highest BCUT2D eigenvalue weighted by Gasteiger charge is 2.31. The highest BCUT2D eigenvalue weighted by atomic mass is 16.5. The number of hydrogen-bond acceptors (Lipinski definition) is 3. The summed E-state index contributed by atoms with van der Waals surface area (Å²) in [4.78, 5) is 16.2. The number of carbonyl (C=O) groups is 1. The van der Waals surface area contributed by atoms with E-state index in [1.165, 1.54) is 0 Å². The molecule has 1 aromatic rings. The number of hydrogen-bond donors (Lipinski definition) is 0. The van der Waals surface area contributed by atoms with Gasteiger partial charge in [0.05, 0.1) is 12.0 Å². The molecule has 1 aliphatic rings. The van der Waals surface area contributed by atoms with Gasteiger partial charge in [0.15, 0.2) is 5.78 Å². The molecule has 15 heavy (non-hydrogen) atoms. The highest BCUT2D eigenvalue weighted by Crippen LogP contribution is 2.24. The fourth-order valence-corrected chi connectivity index (χ4v) is 1.90. The van der Waals surface area contributed by atoms with Crippen LogP contribution in [0.1, 0.15) is 29.4 Å². The van der Waals surface area contributed by atoms with Crippen LogP contribution in [0, 0.1) is 12.8 Å². The average molecular weight is 205 g/mol. The van der Waals surface area contributed by atoms with Crippen molar-refractivity contribution in [3.05, 3.63) is 29.6 Å². The van der Waals surface area contributed by atoms with Gasteiger partial charge in [-0.1, -0.05) is 0 Å². The smallest absolute Gasteiger partial charge is 0.170 e. The summed E-state index contributed by atoms with van der Waals surface area (Å²) in [6.45, 7) is 4.56. The van der Waals surface area contributed by atoms with Crippen molar-refractivity contribution in [2.75, 3.05) is 6.61 Å². The van der Waals surface area contributed by atoms with E-state index in [-0.39, 0.29) is 17.8 Å². The first-order valence-corrected chi connectivity index (χ1v) is 5.27. The molecule has 3 heteroatoms. The number of pyridine rings is 1. The van der Waals surface area contributed by atoms with Gasteiger partial charge in [-0.25, -0.2) is 0 Å². The molecule has 0 amide bonds. The monoisotopic (exact) mass is 205 g/mol. The predicted octanol–water partition coefficient (Wildman–Crippen LogP) is 2.00. The molecule has 0 saturated carbocycles. The zero-order chi connectivity index (χ0) is 10.8. The van der Waals surface area contributed by atoms with Crippen LogP contribution in [0.5, 0.6) is 0 Å². The molecule has 2 unspecified atom stereocenters. The summed E-state index contributed by atoms with van der Waals surface area (Å²) in [7, 11) is 0. The molecule has 0 aliphatic carbocycles. The van der Waals surface area contributed by atoms with Crippen molar-refractivity contribution in [3.8, 4) is 0 Å². The summed E-state index contributed by atoms with van der Waals surface area (Å²) >= 11 is 0. The lowest BCUT2D eigenvalue weighted by Gasteiger charge is -2.12. The molecule has 2 atom stereocenters. The molecule has 0 bridgehead atoms. The van der Waals surface area contributed by atoms with Crippen molar-refractivity contribution in [2.24, 2.45) is 5.92 Å². The topological polar surface area (TPSA) is 39.2 Å². The van der Waals surface area contributed by atoms with Gasteiger partial charge in [0.2, 0.25) is 0 Å². The molecule has 1 aliphatic heterocycles. The Morgan fingerprint density at radius 3 is 2.87 bits per heavy atom. The summed E-state index contributed by atoms with van der Waals surface area (Å²) in [6.07, 6.45) is 2.52. The molecule has 1 aromatic heterocycles. The number of ketones is 1. The first-order chi connectivity index (χ1) is 7.18. The van der Waals surface area contributed by atoms with Crippen molar-refractivity contribution in [2.45, 2.75) is 26.4 Å². The predicted molar refractivity (Wildman–Crippen MR) is 56.8 cm³/mol. The lowest BCUT2D eigenvalue weighted by molar-refractivity contribution is 0.0764. The van der Waals surface area contributed by atoms with Crippen molar-refractivity contribution < 1.29 is 9.53 Å². The van der Waals surface area contributed by atoms with Crippen molar-refractivity contribution in [1.82, 2.24) is 4.98 Å². The van der Waals surface area contributed by atoms with Gasteiger partial charge in [0, 0.05) is 24.1 Å². The number of Topliss-reactive ketones (excluding diaryl/α,β-unsaturated/α-hetero) is 1. The van der Waals surface area contributed by atoms with Crippen LogP contribution in [0.15, 0.2) is 18.3 Å². The minimum atomic E-state index is 0.00880. The molecular weight excluding hydrogens is 190 g/mol. The van der Waals surface area contributed by atoms with Crippen LogP contribution in [0.25, 0.3) is 0 Å². The molecule has 1 saturated heterocycles. The number of ether oxygens (including phenoxy) is 1. The second-order valence-electron chi connectivity index (χ2n) is 4.02. The number of nitrogens with zero attached hydrogens (tertiary/aromatic N) is 1. The van der Waals surface area contributed by atoms with Gasteiger partial charge in [0.1, 0.15) is 0 Å². The van der Waals surface area contributed by atoms with E-state index >= 15 is 0 Å². The van der Waals surface area contributed by atoms with E-state index in [9.17, 15) is 4.79 Å². The second kappa shape index (κ2) is 4.11.